The Labute approximate surface area is 188 Å². The van der Waals surface area contributed by atoms with Gasteiger partial charge in [0.25, 0.3) is 0 Å². The van der Waals surface area contributed by atoms with Crippen molar-refractivity contribution in [3.05, 3.63) is 29.8 Å². The molecule has 0 saturated heterocycles. The Hall–Kier alpha value is -1.02. The SMILES string of the molecule is CCNC(=NCC1(CCOC)CC1)NC(C)c1ccc(OCC(C)C)cc1.I. The molecule has 1 atom stereocenters. The van der Waals surface area contributed by atoms with Crippen LogP contribution in [0.1, 0.15) is 58.6 Å². The third-order valence-electron chi connectivity index (χ3n) is 5.03. The molecule has 5 nitrogen and oxygen atoms in total. The highest BCUT2D eigenvalue weighted by Crippen LogP contribution is 2.48. The van der Waals surface area contributed by atoms with Crippen LogP contribution in [-0.4, -0.2) is 39.4 Å². The fraction of sp³-hybridized carbons (Fsp3) is 0.682. The smallest absolute Gasteiger partial charge is 0.191 e. The van der Waals surface area contributed by atoms with Gasteiger partial charge in [-0.2, -0.15) is 0 Å². The summed E-state index contributed by atoms with van der Waals surface area (Å²) >= 11 is 0. The lowest BCUT2D eigenvalue weighted by atomic mass is 10.0. The minimum Gasteiger partial charge on any atom is -0.493 e. The Balaban J connectivity index is 0.00000392. The number of guanidine groups is 1. The number of benzene rings is 1. The van der Waals surface area contributed by atoms with Crippen LogP contribution in [0.15, 0.2) is 29.3 Å². The number of hydrogen-bond acceptors (Lipinski definition) is 3. The van der Waals surface area contributed by atoms with E-state index in [9.17, 15) is 0 Å². The number of nitrogens with zero attached hydrogens (tertiary/aromatic N) is 1. The molecule has 1 aliphatic rings. The van der Waals surface area contributed by atoms with Crippen LogP contribution < -0.4 is 15.4 Å². The Kier molecular flexibility index (Phi) is 11.2. The number of aliphatic imine (C=N–C) groups is 1. The lowest BCUT2D eigenvalue weighted by molar-refractivity contribution is 0.174. The van der Waals surface area contributed by atoms with Crippen molar-refractivity contribution in [2.45, 2.75) is 53.0 Å². The first kappa shape index (κ1) is 25.0. The van der Waals surface area contributed by atoms with Crippen LogP contribution >= 0.6 is 24.0 Å². The average Bonchev–Trinajstić information content (AvgIpc) is 3.43. The molecule has 1 aromatic rings. The molecular formula is C22H38IN3O2. The molecule has 6 heteroatoms. The Morgan fingerprint density at radius 3 is 2.39 bits per heavy atom. The van der Waals surface area contributed by atoms with E-state index >= 15 is 0 Å². The minimum absolute atomic E-state index is 0. The summed E-state index contributed by atoms with van der Waals surface area (Å²) in [6.45, 7) is 11.9. The van der Waals surface area contributed by atoms with Gasteiger partial charge in [-0.1, -0.05) is 26.0 Å². The second-order valence-corrected chi connectivity index (χ2v) is 8.08. The normalized spacial score (nSPS) is 16.3. The molecule has 1 aromatic carbocycles. The molecule has 1 unspecified atom stereocenters. The second kappa shape index (κ2) is 12.5. The minimum atomic E-state index is 0. The van der Waals surface area contributed by atoms with E-state index < -0.39 is 0 Å². The fourth-order valence-corrected chi connectivity index (χ4v) is 2.95. The zero-order chi connectivity index (χ0) is 19.7. The zero-order valence-electron chi connectivity index (χ0n) is 18.1. The molecule has 2 rings (SSSR count). The third-order valence-corrected chi connectivity index (χ3v) is 5.03. The van der Waals surface area contributed by atoms with Gasteiger partial charge in [0.1, 0.15) is 5.75 Å². The van der Waals surface area contributed by atoms with E-state index in [0.717, 1.165) is 44.4 Å². The van der Waals surface area contributed by atoms with E-state index in [4.69, 9.17) is 14.5 Å². The van der Waals surface area contributed by atoms with Crippen molar-refractivity contribution in [2.75, 3.05) is 33.4 Å². The molecule has 2 N–H and O–H groups in total. The molecule has 0 heterocycles. The van der Waals surface area contributed by atoms with E-state index in [2.05, 4.69) is 50.5 Å². The van der Waals surface area contributed by atoms with Crippen molar-refractivity contribution in [3.63, 3.8) is 0 Å². The number of nitrogens with one attached hydrogen (secondary N) is 2. The molecule has 28 heavy (non-hydrogen) atoms. The molecule has 0 aliphatic heterocycles. The van der Waals surface area contributed by atoms with Gasteiger partial charge in [-0.3, -0.25) is 4.99 Å². The molecule has 0 spiro atoms. The Morgan fingerprint density at radius 1 is 1.18 bits per heavy atom. The standard InChI is InChI=1S/C22H37N3O2.HI/c1-6-23-21(24-16-22(11-12-22)13-14-26-5)25-18(4)19-7-9-20(10-8-19)27-15-17(2)3;/h7-10,17-18H,6,11-16H2,1-5H3,(H2,23,24,25);1H. The van der Waals surface area contributed by atoms with Crippen molar-refractivity contribution >= 4 is 29.9 Å². The first-order valence-electron chi connectivity index (χ1n) is 10.2. The van der Waals surface area contributed by atoms with Crippen LogP contribution in [0.25, 0.3) is 0 Å². The van der Waals surface area contributed by atoms with Gasteiger partial charge < -0.3 is 20.1 Å². The molecule has 1 fully saturated rings. The molecular weight excluding hydrogens is 465 g/mol. The predicted octanol–water partition coefficient (Wildman–Crippen LogP) is 4.77. The molecule has 0 amide bonds. The molecule has 1 aliphatic carbocycles. The summed E-state index contributed by atoms with van der Waals surface area (Å²) in [5.41, 5.74) is 1.58. The van der Waals surface area contributed by atoms with Gasteiger partial charge in [-0.05, 0) is 62.1 Å². The highest BCUT2D eigenvalue weighted by atomic mass is 127. The van der Waals surface area contributed by atoms with Crippen molar-refractivity contribution in [1.82, 2.24) is 10.6 Å². The molecule has 0 bridgehead atoms. The van der Waals surface area contributed by atoms with Gasteiger partial charge in [0, 0.05) is 26.8 Å². The second-order valence-electron chi connectivity index (χ2n) is 8.08. The summed E-state index contributed by atoms with van der Waals surface area (Å²) in [6, 6.07) is 8.51. The summed E-state index contributed by atoms with van der Waals surface area (Å²) in [6.07, 6.45) is 3.61. The Bertz CT molecular complexity index is 586. The first-order valence-corrected chi connectivity index (χ1v) is 10.2. The van der Waals surface area contributed by atoms with E-state index in [1.54, 1.807) is 7.11 Å². The summed E-state index contributed by atoms with van der Waals surface area (Å²) in [5.74, 6) is 2.34. The van der Waals surface area contributed by atoms with Crippen LogP contribution in [0.5, 0.6) is 5.75 Å². The predicted molar refractivity (Wildman–Crippen MR) is 128 cm³/mol. The zero-order valence-corrected chi connectivity index (χ0v) is 20.4. The molecule has 0 radical (unpaired) electrons. The lowest BCUT2D eigenvalue weighted by Crippen LogP contribution is -2.39. The van der Waals surface area contributed by atoms with Crippen LogP contribution in [0.2, 0.25) is 0 Å². The van der Waals surface area contributed by atoms with Crippen LogP contribution in [-0.2, 0) is 4.74 Å². The quantitative estimate of drug-likeness (QED) is 0.260. The van der Waals surface area contributed by atoms with Gasteiger partial charge in [-0.25, -0.2) is 0 Å². The van der Waals surface area contributed by atoms with E-state index in [-0.39, 0.29) is 30.0 Å². The topological polar surface area (TPSA) is 54.9 Å². The van der Waals surface area contributed by atoms with Gasteiger partial charge in [-0.15, -0.1) is 24.0 Å². The number of methoxy groups -OCH3 is 1. The number of rotatable bonds is 11. The molecule has 160 valence electrons. The maximum Gasteiger partial charge on any atom is 0.191 e. The van der Waals surface area contributed by atoms with Gasteiger partial charge in [0.15, 0.2) is 5.96 Å². The number of hydrogen-bond donors (Lipinski definition) is 2. The molecule has 0 aromatic heterocycles. The van der Waals surface area contributed by atoms with E-state index in [1.807, 2.05) is 12.1 Å². The maximum absolute atomic E-state index is 5.77. The maximum atomic E-state index is 5.77. The largest absolute Gasteiger partial charge is 0.493 e. The van der Waals surface area contributed by atoms with Crippen molar-refractivity contribution in [1.29, 1.82) is 0 Å². The van der Waals surface area contributed by atoms with Crippen molar-refractivity contribution in [2.24, 2.45) is 16.3 Å². The van der Waals surface area contributed by atoms with Gasteiger partial charge in [0.05, 0.1) is 12.6 Å². The van der Waals surface area contributed by atoms with E-state index in [1.165, 1.54) is 18.4 Å². The highest BCUT2D eigenvalue weighted by Gasteiger charge is 2.41. The highest BCUT2D eigenvalue weighted by molar-refractivity contribution is 14.0. The Morgan fingerprint density at radius 2 is 1.86 bits per heavy atom. The van der Waals surface area contributed by atoms with Crippen molar-refractivity contribution in [3.8, 4) is 5.75 Å². The van der Waals surface area contributed by atoms with Crippen LogP contribution in [0.3, 0.4) is 0 Å². The molecule has 1 saturated carbocycles. The van der Waals surface area contributed by atoms with Gasteiger partial charge in [0.2, 0.25) is 0 Å². The first-order chi connectivity index (χ1) is 13.0. The summed E-state index contributed by atoms with van der Waals surface area (Å²) < 4.78 is 11.0. The van der Waals surface area contributed by atoms with Crippen LogP contribution in [0, 0.1) is 11.3 Å². The summed E-state index contributed by atoms with van der Waals surface area (Å²) in [5, 5.41) is 6.89. The number of halogens is 1. The number of ether oxygens (including phenoxy) is 2. The fourth-order valence-electron chi connectivity index (χ4n) is 2.95. The summed E-state index contributed by atoms with van der Waals surface area (Å²) in [4.78, 5) is 4.85. The summed E-state index contributed by atoms with van der Waals surface area (Å²) in [7, 11) is 1.77. The van der Waals surface area contributed by atoms with Crippen LogP contribution in [0.4, 0.5) is 0 Å². The lowest BCUT2D eigenvalue weighted by Gasteiger charge is -2.20. The van der Waals surface area contributed by atoms with Gasteiger partial charge >= 0.3 is 0 Å². The van der Waals surface area contributed by atoms with E-state index in [0.29, 0.717) is 11.3 Å². The average molecular weight is 503 g/mol. The monoisotopic (exact) mass is 503 g/mol. The third kappa shape index (κ3) is 8.55. The van der Waals surface area contributed by atoms with Crippen molar-refractivity contribution < 1.29 is 9.47 Å².